The van der Waals surface area contributed by atoms with E-state index < -0.39 is 16.4 Å². The zero-order valence-electron chi connectivity index (χ0n) is 9.79. The first kappa shape index (κ1) is 13.7. The van der Waals surface area contributed by atoms with Gasteiger partial charge in [-0.1, -0.05) is 11.6 Å². The molecule has 2 rings (SSSR count). The summed E-state index contributed by atoms with van der Waals surface area (Å²) in [7, 11) is 0. The molecule has 1 aromatic carbocycles. The molecule has 2 aromatic rings. The van der Waals surface area contributed by atoms with Gasteiger partial charge in [0.15, 0.2) is 0 Å². The topological polar surface area (TPSA) is 118 Å². The van der Waals surface area contributed by atoms with Gasteiger partial charge in [-0.3, -0.25) is 19.7 Å². The first-order chi connectivity index (χ1) is 9.47. The molecule has 1 heterocycles. The van der Waals surface area contributed by atoms with Crippen molar-refractivity contribution >= 4 is 28.9 Å². The van der Waals surface area contributed by atoms with Crippen molar-refractivity contribution in [3.8, 4) is 0 Å². The van der Waals surface area contributed by atoms with Gasteiger partial charge in [0.2, 0.25) is 0 Å². The summed E-state index contributed by atoms with van der Waals surface area (Å²) < 4.78 is 0. The Morgan fingerprint density at radius 1 is 1.45 bits per heavy atom. The van der Waals surface area contributed by atoms with Gasteiger partial charge in [0.1, 0.15) is 5.69 Å². The number of nitro benzene ring substituents is 1. The normalized spacial score (nSPS) is 10.1. The minimum atomic E-state index is -0.649. The maximum absolute atomic E-state index is 11.8. The molecule has 1 amide bonds. The largest absolute Gasteiger partial charge is 0.325 e. The third-order valence-corrected chi connectivity index (χ3v) is 2.64. The number of benzene rings is 1. The number of carbonyl (C=O) groups is 1. The number of H-pyrrole nitrogens is 1. The highest BCUT2D eigenvalue weighted by molar-refractivity contribution is 6.34. The molecule has 0 bridgehead atoms. The Labute approximate surface area is 116 Å². The van der Waals surface area contributed by atoms with Crippen LogP contribution in [-0.4, -0.2) is 20.8 Å². The van der Waals surface area contributed by atoms with Crippen LogP contribution in [0.2, 0.25) is 5.02 Å². The van der Waals surface area contributed by atoms with E-state index in [0.717, 1.165) is 18.5 Å². The number of aromatic nitrogens is 2. The number of nitrogens with one attached hydrogen (secondary N) is 2. The SMILES string of the molecule is O=C(Nc1cc([N+](=O)[O-])ccc1Cl)c1c[nH]c(=O)cn1. The first-order valence-electron chi connectivity index (χ1n) is 5.27. The van der Waals surface area contributed by atoms with E-state index in [-0.39, 0.29) is 22.1 Å². The smallest absolute Gasteiger partial charge is 0.275 e. The van der Waals surface area contributed by atoms with E-state index in [1.54, 1.807) is 0 Å². The van der Waals surface area contributed by atoms with Crippen LogP contribution in [0.4, 0.5) is 11.4 Å². The second-order valence-corrected chi connectivity index (χ2v) is 4.08. The molecule has 20 heavy (non-hydrogen) atoms. The van der Waals surface area contributed by atoms with Crippen molar-refractivity contribution in [2.45, 2.75) is 0 Å². The minimum Gasteiger partial charge on any atom is -0.325 e. The van der Waals surface area contributed by atoms with Crippen molar-refractivity contribution in [3.63, 3.8) is 0 Å². The second-order valence-electron chi connectivity index (χ2n) is 3.67. The molecule has 2 N–H and O–H groups in total. The van der Waals surface area contributed by atoms with E-state index in [1.807, 2.05) is 0 Å². The van der Waals surface area contributed by atoms with E-state index in [2.05, 4.69) is 15.3 Å². The summed E-state index contributed by atoms with van der Waals surface area (Å²) in [5.41, 5.74) is -0.625. The molecule has 1 aromatic heterocycles. The monoisotopic (exact) mass is 294 g/mol. The lowest BCUT2D eigenvalue weighted by atomic mass is 10.2. The van der Waals surface area contributed by atoms with E-state index in [0.29, 0.717) is 0 Å². The van der Waals surface area contributed by atoms with Gasteiger partial charge in [0, 0.05) is 18.3 Å². The number of nitro groups is 1. The number of aromatic amines is 1. The molecule has 0 aliphatic carbocycles. The van der Waals surface area contributed by atoms with Crippen LogP contribution in [-0.2, 0) is 0 Å². The van der Waals surface area contributed by atoms with Crippen LogP contribution in [0.3, 0.4) is 0 Å². The molecule has 0 saturated carbocycles. The lowest BCUT2D eigenvalue weighted by Crippen LogP contribution is -2.17. The van der Waals surface area contributed by atoms with Gasteiger partial charge in [-0.05, 0) is 6.07 Å². The standard InChI is InChI=1S/C11H7ClN4O4/c12-7-2-1-6(16(19)20)3-8(7)15-11(18)9-4-14-10(17)5-13-9/h1-5H,(H,14,17)(H,15,18). The molecule has 8 nitrogen and oxygen atoms in total. The van der Waals surface area contributed by atoms with E-state index in [4.69, 9.17) is 11.6 Å². The van der Waals surface area contributed by atoms with Crippen molar-refractivity contribution < 1.29 is 9.72 Å². The summed E-state index contributed by atoms with van der Waals surface area (Å²) in [5.74, 6) is -0.649. The summed E-state index contributed by atoms with van der Waals surface area (Å²) in [5, 5.41) is 13.2. The summed E-state index contributed by atoms with van der Waals surface area (Å²) in [4.78, 5) is 38.6. The number of halogens is 1. The highest BCUT2D eigenvalue weighted by atomic mass is 35.5. The molecule has 102 valence electrons. The fraction of sp³-hybridized carbons (Fsp3) is 0. The Morgan fingerprint density at radius 2 is 2.20 bits per heavy atom. The van der Waals surface area contributed by atoms with Gasteiger partial charge in [0.05, 0.1) is 21.8 Å². The summed E-state index contributed by atoms with van der Waals surface area (Å²) in [6.07, 6.45) is 2.08. The number of nitrogens with zero attached hydrogens (tertiary/aromatic N) is 2. The highest BCUT2D eigenvalue weighted by Crippen LogP contribution is 2.26. The minimum absolute atomic E-state index is 0.0489. The van der Waals surface area contributed by atoms with E-state index in [9.17, 15) is 19.7 Å². The third kappa shape index (κ3) is 2.98. The van der Waals surface area contributed by atoms with Crippen molar-refractivity contribution in [2.24, 2.45) is 0 Å². The predicted molar refractivity (Wildman–Crippen MR) is 70.9 cm³/mol. The maximum Gasteiger partial charge on any atom is 0.275 e. The molecule has 0 fully saturated rings. The number of amides is 1. The van der Waals surface area contributed by atoms with Crippen LogP contribution in [0.5, 0.6) is 0 Å². The van der Waals surface area contributed by atoms with Crippen molar-refractivity contribution in [1.82, 2.24) is 9.97 Å². The molecule has 0 unspecified atom stereocenters. The fourth-order valence-corrected chi connectivity index (χ4v) is 1.54. The van der Waals surface area contributed by atoms with E-state index in [1.165, 1.54) is 12.1 Å². The van der Waals surface area contributed by atoms with Crippen molar-refractivity contribution in [3.05, 3.63) is 61.8 Å². The van der Waals surface area contributed by atoms with Gasteiger partial charge < -0.3 is 10.3 Å². The van der Waals surface area contributed by atoms with Crippen molar-refractivity contribution in [2.75, 3.05) is 5.32 Å². The van der Waals surface area contributed by atoms with Gasteiger partial charge in [-0.2, -0.15) is 0 Å². The molecule has 0 radical (unpaired) electrons. The number of hydrogen-bond donors (Lipinski definition) is 2. The summed E-state index contributed by atoms with van der Waals surface area (Å²) in [6, 6.07) is 3.65. The molecule has 0 spiro atoms. The predicted octanol–water partition coefficient (Wildman–Crippen LogP) is 1.58. The van der Waals surface area contributed by atoms with Crippen LogP contribution in [0.25, 0.3) is 0 Å². The van der Waals surface area contributed by atoms with Crippen molar-refractivity contribution in [1.29, 1.82) is 0 Å². The molecular formula is C11H7ClN4O4. The highest BCUT2D eigenvalue weighted by Gasteiger charge is 2.14. The average Bonchev–Trinajstić information content (AvgIpc) is 2.41. The number of anilines is 1. The second kappa shape index (κ2) is 5.49. The Morgan fingerprint density at radius 3 is 2.80 bits per heavy atom. The van der Waals surface area contributed by atoms with Gasteiger partial charge in [-0.25, -0.2) is 4.98 Å². The number of rotatable bonds is 3. The molecule has 9 heteroatoms. The number of carbonyl (C=O) groups excluding carboxylic acids is 1. The maximum atomic E-state index is 11.8. The fourth-order valence-electron chi connectivity index (χ4n) is 1.38. The van der Waals surface area contributed by atoms with Crippen LogP contribution >= 0.6 is 11.6 Å². The molecule has 0 saturated heterocycles. The Bertz CT molecular complexity index is 723. The zero-order chi connectivity index (χ0) is 14.7. The van der Waals surface area contributed by atoms with Crippen LogP contribution < -0.4 is 10.9 Å². The van der Waals surface area contributed by atoms with Gasteiger partial charge in [-0.15, -0.1) is 0 Å². The van der Waals surface area contributed by atoms with Crippen LogP contribution in [0, 0.1) is 10.1 Å². The zero-order valence-corrected chi connectivity index (χ0v) is 10.5. The Kier molecular flexibility index (Phi) is 3.76. The Hall–Kier alpha value is -2.74. The number of hydrogen-bond acceptors (Lipinski definition) is 5. The average molecular weight is 295 g/mol. The Balaban J connectivity index is 2.27. The van der Waals surface area contributed by atoms with Gasteiger partial charge >= 0.3 is 0 Å². The van der Waals surface area contributed by atoms with Crippen LogP contribution in [0.15, 0.2) is 35.4 Å². The van der Waals surface area contributed by atoms with Crippen LogP contribution in [0.1, 0.15) is 10.5 Å². The molecule has 0 aliphatic heterocycles. The van der Waals surface area contributed by atoms with Gasteiger partial charge in [0.25, 0.3) is 17.2 Å². The quantitative estimate of drug-likeness (QED) is 0.658. The molecular weight excluding hydrogens is 288 g/mol. The lowest BCUT2D eigenvalue weighted by molar-refractivity contribution is -0.384. The van der Waals surface area contributed by atoms with E-state index >= 15 is 0 Å². The molecule has 0 atom stereocenters. The number of non-ortho nitro benzene ring substituents is 1. The summed E-state index contributed by atoms with van der Waals surface area (Å²) >= 11 is 5.84. The lowest BCUT2D eigenvalue weighted by Gasteiger charge is -2.06. The first-order valence-corrected chi connectivity index (χ1v) is 5.65. The molecule has 0 aliphatic rings. The third-order valence-electron chi connectivity index (χ3n) is 2.31. The summed E-state index contributed by atoms with van der Waals surface area (Å²) in [6.45, 7) is 0.